The number of nitrogens with zero attached hydrogens (tertiary/aromatic N) is 2. The smallest absolute Gasteiger partial charge is 0.229 e. The van der Waals surface area contributed by atoms with Crippen molar-refractivity contribution in [1.82, 2.24) is 9.97 Å². The second-order valence-electron chi connectivity index (χ2n) is 6.60. The molecule has 0 aliphatic heterocycles. The Morgan fingerprint density at radius 1 is 1.00 bits per heavy atom. The van der Waals surface area contributed by atoms with Crippen molar-refractivity contribution in [3.63, 3.8) is 0 Å². The molecule has 2 aromatic carbocycles. The molecule has 3 aromatic rings. The lowest BCUT2D eigenvalue weighted by Crippen LogP contribution is -2.15. The van der Waals surface area contributed by atoms with Crippen LogP contribution in [0.4, 0.5) is 17.5 Å². The van der Waals surface area contributed by atoms with E-state index in [1.54, 1.807) is 0 Å². The molecule has 0 fully saturated rings. The number of rotatable bonds is 8. The third kappa shape index (κ3) is 5.71. The van der Waals surface area contributed by atoms with Crippen LogP contribution in [0.1, 0.15) is 31.5 Å². The lowest BCUT2D eigenvalue weighted by atomic mass is 10.2. The molecule has 27 heavy (non-hydrogen) atoms. The molecule has 0 saturated heterocycles. The highest BCUT2D eigenvalue weighted by Gasteiger charge is 2.06. The molecule has 0 spiro atoms. The lowest BCUT2D eigenvalue weighted by molar-refractivity contribution is 0.306. The summed E-state index contributed by atoms with van der Waals surface area (Å²) in [7, 11) is 0. The second-order valence-corrected chi connectivity index (χ2v) is 6.60. The van der Waals surface area contributed by atoms with Gasteiger partial charge in [-0.15, -0.1) is 0 Å². The topological polar surface area (TPSA) is 59.1 Å². The summed E-state index contributed by atoms with van der Waals surface area (Å²) in [6.07, 6.45) is 1.04. The van der Waals surface area contributed by atoms with E-state index >= 15 is 0 Å². The Morgan fingerprint density at radius 3 is 2.44 bits per heavy atom. The molecule has 0 bridgehead atoms. The molecule has 1 unspecified atom stereocenters. The van der Waals surface area contributed by atoms with E-state index in [0.29, 0.717) is 18.6 Å². The Bertz CT molecular complexity index is 850. The number of hydrogen-bond donors (Lipinski definition) is 2. The number of aryl methyl sites for hydroxylation is 1. The maximum Gasteiger partial charge on any atom is 0.229 e. The van der Waals surface area contributed by atoms with Crippen molar-refractivity contribution < 1.29 is 4.74 Å². The van der Waals surface area contributed by atoms with Gasteiger partial charge >= 0.3 is 0 Å². The van der Waals surface area contributed by atoms with E-state index in [9.17, 15) is 0 Å². The van der Waals surface area contributed by atoms with Gasteiger partial charge in [-0.05, 0) is 50.1 Å². The maximum atomic E-state index is 5.82. The fourth-order valence-corrected chi connectivity index (χ4v) is 2.56. The van der Waals surface area contributed by atoms with Crippen LogP contribution in [-0.2, 0) is 6.61 Å². The zero-order chi connectivity index (χ0) is 19.1. The SMILES string of the molecule is CCC(C)Nc1cc(C)nc(Nc2ccc(OCc3ccccc3)cc2)n1. The molecule has 1 heterocycles. The Balaban J connectivity index is 1.62. The zero-order valence-electron chi connectivity index (χ0n) is 16.1. The van der Waals surface area contributed by atoms with Crippen molar-refractivity contribution in [3.8, 4) is 5.75 Å². The van der Waals surface area contributed by atoms with Gasteiger partial charge in [-0.3, -0.25) is 0 Å². The van der Waals surface area contributed by atoms with Crippen LogP contribution in [0.3, 0.4) is 0 Å². The van der Waals surface area contributed by atoms with Crippen LogP contribution < -0.4 is 15.4 Å². The van der Waals surface area contributed by atoms with E-state index in [-0.39, 0.29) is 0 Å². The van der Waals surface area contributed by atoms with Crippen LogP contribution in [0.15, 0.2) is 60.7 Å². The monoisotopic (exact) mass is 362 g/mol. The molecular formula is C22H26N4O. The summed E-state index contributed by atoms with van der Waals surface area (Å²) in [6, 6.07) is 20.3. The molecule has 5 heteroatoms. The van der Waals surface area contributed by atoms with Crippen LogP contribution in [0.5, 0.6) is 5.75 Å². The Hall–Kier alpha value is -3.08. The largest absolute Gasteiger partial charge is 0.489 e. The molecule has 5 nitrogen and oxygen atoms in total. The summed E-state index contributed by atoms with van der Waals surface area (Å²) < 4.78 is 5.82. The van der Waals surface area contributed by atoms with Gasteiger partial charge in [-0.2, -0.15) is 4.98 Å². The molecule has 0 aliphatic rings. The van der Waals surface area contributed by atoms with Crippen molar-refractivity contribution >= 4 is 17.5 Å². The number of nitrogens with one attached hydrogen (secondary N) is 2. The maximum absolute atomic E-state index is 5.82. The summed E-state index contributed by atoms with van der Waals surface area (Å²) >= 11 is 0. The van der Waals surface area contributed by atoms with Gasteiger partial charge in [0.15, 0.2) is 0 Å². The van der Waals surface area contributed by atoms with Gasteiger partial charge in [0.2, 0.25) is 5.95 Å². The Labute approximate surface area is 160 Å². The van der Waals surface area contributed by atoms with Crippen molar-refractivity contribution in [2.24, 2.45) is 0 Å². The average Bonchev–Trinajstić information content (AvgIpc) is 2.67. The van der Waals surface area contributed by atoms with Gasteiger partial charge in [-0.1, -0.05) is 37.3 Å². The van der Waals surface area contributed by atoms with Gasteiger partial charge in [-0.25, -0.2) is 4.98 Å². The summed E-state index contributed by atoms with van der Waals surface area (Å²) in [5.74, 6) is 2.25. The molecule has 0 radical (unpaired) electrons. The van der Waals surface area contributed by atoms with E-state index in [1.165, 1.54) is 0 Å². The van der Waals surface area contributed by atoms with E-state index in [2.05, 4.69) is 46.6 Å². The minimum atomic E-state index is 0.369. The number of anilines is 3. The molecule has 1 aromatic heterocycles. The van der Waals surface area contributed by atoms with Crippen LogP contribution >= 0.6 is 0 Å². The number of ether oxygens (including phenoxy) is 1. The third-order valence-corrected chi connectivity index (χ3v) is 4.22. The van der Waals surface area contributed by atoms with Crippen LogP contribution in [0.25, 0.3) is 0 Å². The van der Waals surface area contributed by atoms with E-state index < -0.39 is 0 Å². The Morgan fingerprint density at radius 2 is 1.74 bits per heavy atom. The normalized spacial score (nSPS) is 11.7. The van der Waals surface area contributed by atoms with E-state index in [4.69, 9.17) is 4.74 Å². The van der Waals surface area contributed by atoms with Crippen LogP contribution in [-0.4, -0.2) is 16.0 Å². The predicted octanol–water partition coefficient (Wildman–Crippen LogP) is 5.32. The summed E-state index contributed by atoms with van der Waals surface area (Å²) in [6.45, 7) is 6.80. The van der Waals surface area contributed by atoms with Crippen LogP contribution in [0, 0.1) is 6.92 Å². The first-order valence-corrected chi connectivity index (χ1v) is 9.28. The summed E-state index contributed by atoms with van der Waals surface area (Å²) in [5.41, 5.74) is 2.98. The number of hydrogen-bond acceptors (Lipinski definition) is 5. The fraction of sp³-hybridized carbons (Fsp3) is 0.273. The first-order chi connectivity index (χ1) is 13.1. The zero-order valence-corrected chi connectivity index (χ0v) is 16.1. The van der Waals surface area contributed by atoms with E-state index in [1.807, 2.05) is 55.5 Å². The Kier molecular flexibility index (Phi) is 6.26. The minimum absolute atomic E-state index is 0.369. The standard InChI is InChI=1S/C22H26N4O/c1-4-16(2)23-21-14-17(3)24-22(26-21)25-19-10-12-20(13-11-19)27-15-18-8-6-5-7-9-18/h5-14,16H,4,15H2,1-3H3,(H2,23,24,25,26). The van der Waals surface area contributed by atoms with Crippen molar-refractivity contribution in [2.75, 3.05) is 10.6 Å². The predicted molar refractivity (Wildman–Crippen MR) is 111 cm³/mol. The van der Waals surface area contributed by atoms with Gasteiger partial charge < -0.3 is 15.4 Å². The molecule has 0 amide bonds. The molecule has 2 N–H and O–H groups in total. The van der Waals surface area contributed by atoms with Gasteiger partial charge in [0.05, 0.1) is 0 Å². The molecule has 0 aliphatic carbocycles. The quantitative estimate of drug-likeness (QED) is 0.568. The molecule has 140 valence electrons. The van der Waals surface area contributed by atoms with Crippen molar-refractivity contribution in [2.45, 2.75) is 39.8 Å². The minimum Gasteiger partial charge on any atom is -0.489 e. The molecule has 0 saturated carbocycles. The molecule has 3 rings (SSSR count). The first-order valence-electron chi connectivity index (χ1n) is 9.28. The molecule has 1 atom stereocenters. The first kappa shape index (κ1) is 18.7. The highest BCUT2D eigenvalue weighted by Crippen LogP contribution is 2.20. The van der Waals surface area contributed by atoms with Gasteiger partial charge in [0, 0.05) is 23.5 Å². The fourth-order valence-electron chi connectivity index (χ4n) is 2.56. The van der Waals surface area contributed by atoms with Gasteiger partial charge in [0.1, 0.15) is 18.2 Å². The highest BCUT2D eigenvalue weighted by molar-refractivity contribution is 5.56. The van der Waals surface area contributed by atoms with E-state index in [0.717, 1.165) is 34.9 Å². The third-order valence-electron chi connectivity index (χ3n) is 4.22. The molecular weight excluding hydrogens is 336 g/mol. The summed E-state index contributed by atoms with van der Waals surface area (Å²) in [4.78, 5) is 9.02. The van der Waals surface area contributed by atoms with Crippen LogP contribution in [0.2, 0.25) is 0 Å². The highest BCUT2D eigenvalue weighted by atomic mass is 16.5. The average molecular weight is 362 g/mol. The van der Waals surface area contributed by atoms with Gasteiger partial charge in [0.25, 0.3) is 0 Å². The summed E-state index contributed by atoms with van der Waals surface area (Å²) in [5, 5.41) is 6.65. The number of aromatic nitrogens is 2. The second kappa shape index (κ2) is 9.03. The van der Waals surface area contributed by atoms with Crippen molar-refractivity contribution in [3.05, 3.63) is 71.9 Å². The van der Waals surface area contributed by atoms with Crippen molar-refractivity contribution in [1.29, 1.82) is 0 Å². The number of benzene rings is 2. The lowest BCUT2D eigenvalue weighted by Gasteiger charge is -2.14.